The fourth-order valence-corrected chi connectivity index (χ4v) is 3.16. The van der Waals surface area contributed by atoms with Crippen LogP contribution in [0.5, 0.6) is 5.75 Å². The lowest BCUT2D eigenvalue weighted by Gasteiger charge is -2.44. The summed E-state index contributed by atoms with van der Waals surface area (Å²) in [5.74, 6) is -0.736. The van der Waals surface area contributed by atoms with Crippen molar-refractivity contribution < 1.29 is 19.0 Å². The molecule has 0 spiro atoms. The van der Waals surface area contributed by atoms with E-state index in [0.29, 0.717) is 24.4 Å². The van der Waals surface area contributed by atoms with E-state index in [1.54, 1.807) is 12.1 Å². The zero-order chi connectivity index (χ0) is 15.6. The Kier molecular flexibility index (Phi) is 4.52. The number of carboxylic acid groups (broad SMARTS) is 1. The maximum absolute atomic E-state index is 14.1. The van der Waals surface area contributed by atoms with Gasteiger partial charge in [-0.3, -0.25) is 9.69 Å². The summed E-state index contributed by atoms with van der Waals surface area (Å²) in [7, 11) is 1.49. The third-order valence-corrected chi connectivity index (χ3v) is 4.24. The number of methoxy groups -OCH3 is 1. The number of ether oxygens (including phenoxy) is 1. The summed E-state index contributed by atoms with van der Waals surface area (Å²) >= 11 is 0. The standard InChI is InChI=1S/C16H22FNO3/c1-16(2)7-4-8-18(14(16)15(19)20)10-11-5-6-12(21-3)9-13(11)17/h5-6,9,14H,4,7-8,10H2,1-3H3,(H,19,20). The lowest BCUT2D eigenvalue weighted by molar-refractivity contribution is -0.151. The Bertz CT molecular complexity index is 530. The minimum Gasteiger partial charge on any atom is -0.497 e. The second-order valence-electron chi connectivity index (χ2n) is 6.26. The summed E-state index contributed by atoms with van der Waals surface area (Å²) in [4.78, 5) is 13.5. The molecule has 1 fully saturated rings. The molecule has 1 atom stereocenters. The Hall–Kier alpha value is -1.62. The Labute approximate surface area is 124 Å². The van der Waals surface area contributed by atoms with Crippen LogP contribution in [0.25, 0.3) is 0 Å². The van der Waals surface area contributed by atoms with Crippen molar-refractivity contribution in [2.45, 2.75) is 39.3 Å². The SMILES string of the molecule is COc1ccc(CN2CCCC(C)(C)C2C(=O)O)c(F)c1. The van der Waals surface area contributed by atoms with Gasteiger partial charge in [-0.05, 0) is 30.9 Å². The average molecular weight is 295 g/mol. The van der Waals surface area contributed by atoms with Gasteiger partial charge in [0, 0.05) is 18.2 Å². The molecule has 1 aromatic rings. The normalized spacial score (nSPS) is 22.0. The van der Waals surface area contributed by atoms with Crippen molar-refractivity contribution in [3.63, 3.8) is 0 Å². The molecular weight excluding hydrogens is 273 g/mol. The highest BCUT2D eigenvalue weighted by molar-refractivity contribution is 5.74. The Morgan fingerprint density at radius 1 is 1.52 bits per heavy atom. The summed E-state index contributed by atoms with van der Waals surface area (Å²) in [5, 5.41) is 9.52. The minimum atomic E-state index is -0.839. The Morgan fingerprint density at radius 3 is 2.81 bits per heavy atom. The van der Waals surface area contributed by atoms with Gasteiger partial charge in [0.2, 0.25) is 0 Å². The topological polar surface area (TPSA) is 49.8 Å². The van der Waals surface area contributed by atoms with Gasteiger partial charge in [0.15, 0.2) is 0 Å². The molecular formula is C16H22FNO3. The smallest absolute Gasteiger partial charge is 0.321 e. The van der Waals surface area contributed by atoms with Gasteiger partial charge in [0.05, 0.1) is 7.11 Å². The van der Waals surface area contributed by atoms with E-state index in [9.17, 15) is 14.3 Å². The third kappa shape index (κ3) is 3.35. The molecule has 4 nitrogen and oxygen atoms in total. The molecule has 1 unspecified atom stereocenters. The summed E-state index contributed by atoms with van der Waals surface area (Å²) in [6.07, 6.45) is 1.79. The molecule has 1 aliphatic heterocycles. The molecule has 0 aromatic heterocycles. The van der Waals surface area contributed by atoms with Crippen LogP contribution in [0.3, 0.4) is 0 Å². The zero-order valence-electron chi connectivity index (χ0n) is 12.7. The van der Waals surface area contributed by atoms with Gasteiger partial charge in [0.25, 0.3) is 0 Å². The second kappa shape index (κ2) is 6.02. The molecule has 21 heavy (non-hydrogen) atoms. The van der Waals surface area contributed by atoms with E-state index in [-0.39, 0.29) is 11.2 Å². The quantitative estimate of drug-likeness (QED) is 0.928. The maximum atomic E-state index is 14.1. The fraction of sp³-hybridized carbons (Fsp3) is 0.562. The molecule has 1 aromatic carbocycles. The van der Waals surface area contributed by atoms with Crippen LogP contribution in [0.4, 0.5) is 4.39 Å². The molecule has 0 radical (unpaired) electrons. The average Bonchev–Trinajstić information content (AvgIpc) is 2.39. The monoisotopic (exact) mass is 295 g/mol. The predicted molar refractivity (Wildman–Crippen MR) is 77.8 cm³/mol. The number of likely N-dealkylation sites (tertiary alicyclic amines) is 1. The van der Waals surface area contributed by atoms with Crippen molar-refractivity contribution in [2.24, 2.45) is 5.41 Å². The van der Waals surface area contributed by atoms with Gasteiger partial charge in [-0.15, -0.1) is 0 Å². The third-order valence-electron chi connectivity index (χ3n) is 4.24. The highest BCUT2D eigenvalue weighted by Crippen LogP contribution is 2.36. The summed E-state index contributed by atoms with van der Waals surface area (Å²) < 4.78 is 19.0. The van der Waals surface area contributed by atoms with Gasteiger partial charge in [0.1, 0.15) is 17.6 Å². The number of nitrogens with zero attached hydrogens (tertiary/aromatic N) is 1. The van der Waals surface area contributed by atoms with Crippen molar-refractivity contribution >= 4 is 5.97 Å². The fourth-order valence-electron chi connectivity index (χ4n) is 3.16. The molecule has 2 rings (SSSR count). The summed E-state index contributed by atoms with van der Waals surface area (Å²) in [6, 6.07) is 4.10. The number of carboxylic acids is 1. The van der Waals surface area contributed by atoms with Crippen molar-refractivity contribution in [3.8, 4) is 5.75 Å². The molecule has 0 bridgehead atoms. The molecule has 1 aliphatic rings. The molecule has 0 aliphatic carbocycles. The van der Waals surface area contributed by atoms with Crippen molar-refractivity contribution in [1.82, 2.24) is 4.90 Å². The van der Waals surface area contributed by atoms with E-state index < -0.39 is 12.0 Å². The number of benzene rings is 1. The second-order valence-corrected chi connectivity index (χ2v) is 6.26. The van der Waals surface area contributed by atoms with E-state index in [0.717, 1.165) is 12.8 Å². The van der Waals surface area contributed by atoms with E-state index in [1.807, 2.05) is 18.7 Å². The van der Waals surface area contributed by atoms with Crippen LogP contribution in [0.1, 0.15) is 32.3 Å². The maximum Gasteiger partial charge on any atom is 0.321 e. The van der Waals surface area contributed by atoms with Gasteiger partial charge in [-0.2, -0.15) is 0 Å². The number of halogens is 1. The first kappa shape index (κ1) is 15.8. The highest BCUT2D eigenvalue weighted by atomic mass is 19.1. The number of piperidine rings is 1. The summed E-state index contributed by atoms with van der Waals surface area (Å²) in [6.45, 7) is 4.90. The molecule has 1 saturated heterocycles. The predicted octanol–water partition coefficient (Wildman–Crippen LogP) is 2.91. The number of hydrogen-bond donors (Lipinski definition) is 1. The van der Waals surface area contributed by atoms with Gasteiger partial charge >= 0.3 is 5.97 Å². The van der Waals surface area contributed by atoms with Crippen LogP contribution in [0, 0.1) is 11.2 Å². The Balaban J connectivity index is 2.22. The van der Waals surface area contributed by atoms with E-state index in [1.165, 1.54) is 13.2 Å². The van der Waals surface area contributed by atoms with Crippen LogP contribution in [0.2, 0.25) is 0 Å². The number of aliphatic carboxylic acids is 1. The number of rotatable bonds is 4. The van der Waals surface area contributed by atoms with Gasteiger partial charge in [-0.25, -0.2) is 4.39 Å². The van der Waals surface area contributed by atoms with Crippen molar-refractivity contribution in [1.29, 1.82) is 0 Å². The lowest BCUT2D eigenvalue weighted by Crippen LogP contribution is -2.53. The number of carbonyl (C=O) groups is 1. The molecule has 1 N–H and O–H groups in total. The first-order valence-corrected chi connectivity index (χ1v) is 7.14. The van der Waals surface area contributed by atoms with Crippen molar-refractivity contribution in [3.05, 3.63) is 29.6 Å². The lowest BCUT2D eigenvalue weighted by atomic mass is 9.76. The minimum absolute atomic E-state index is 0.302. The van der Waals surface area contributed by atoms with Crippen LogP contribution >= 0.6 is 0 Å². The zero-order valence-corrected chi connectivity index (χ0v) is 12.7. The molecule has 116 valence electrons. The highest BCUT2D eigenvalue weighted by Gasteiger charge is 2.42. The van der Waals surface area contributed by atoms with Crippen LogP contribution in [0.15, 0.2) is 18.2 Å². The van der Waals surface area contributed by atoms with Crippen molar-refractivity contribution in [2.75, 3.05) is 13.7 Å². The van der Waals surface area contributed by atoms with E-state index >= 15 is 0 Å². The van der Waals surface area contributed by atoms with Crippen LogP contribution < -0.4 is 4.74 Å². The van der Waals surface area contributed by atoms with Gasteiger partial charge in [-0.1, -0.05) is 19.9 Å². The summed E-state index contributed by atoms with van der Waals surface area (Å²) in [5.41, 5.74) is 0.187. The van der Waals surface area contributed by atoms with Gasteiger partial charge < -0.3 is 9.84 Å². The first-order valence-electron chi connectivity index (χ1n) is 7.14. The molecule has 0 amide bonds. The molecule has 5 heteroatoms. The molecule has 1 heterocycles. The van der Waals surface area contributed by atoms with Crippen LogP contribution in [-0.4, -0.2) is 35.7 Å². The molecule has 0 saturated carbocycles. The van der Waals surface area contributed by atoms with Crippen LogP contribution in [-0.2, 0) is 11.3 Å². The first-order chi connectivity index (χ1) is 9.85. The Morgan fingerprint density at radius 2 is 2.24 bits per heavy atom. The van der Waals surface area contributed by atoms with E-state index in [2.05, 4.69) is 0 Å². The van der Waals surface area contributed by atoms with E-state index in [4.69, 9.17) is 4.74 Å². The largest absolute Gasteiger partial charge is 0.497 e. The number of hydrogen-bond acceptors (Lipinski definition) is 3.